The maximum absolute atomic E-state index is 6.27. The Kier molecular flexibility index (Phi) is 3.17. The van der Waals surface area contributed by atoms with Crippen molar-refractivity contribution in [3.63, 3.8) is 0 Å². The van der Waals surface area contributed by atoms with Crippen LogP contribution in [0.3, 0.4) is 0 Å². The normalized spacial score (nSPS) is 16.8. The number of nitrogens with two attached hydrogens (primary N) is 1. The van der Waals surface area contributed by atoms with Gasteiger partial charge in [0.1, 0.15) is 0 Å². The minimum atomic E-state index is 0. The van der Waals surface area contributed by atoms with E-state index in [-0.39, 0.29) is 18.4 Å². The van der Waals surface area contributed by atoms with Crippen molar-refractivity contribution in [1.82, 2.24) is 0 Å². The van der Waals surface area contributed by atoms with Crippen LogP contribution in [0.25, 0.3) is 10.8 Å². The van der Waals surface area contributed by atoms with Crippen LogP contribution in [0.4, 0.5) is 0 Å². The zero-order valence-corrected chi connectivity index (χ0v) is 9.91. The lowest BCUT2D eigenvalue weighted by atomic mass is 9.97. The first kappa shape index (κ1) is 11.4. The van der Waals surface area contributed by atoms with E-state index in [2.05, 4.69) is 42.5 Å². The molecule has 2 aromatic carbocycles. The van der Waals surface area contributed by atoms with Crippen molar-refractivity contribution in [1.29, 1.82) is 0 Å². The molecule has 3 rings (SSSR count). The number of benzene rings is 2. The largest absolute Gasteiger partial charge is 0.324 e. The Labute approximate surface area is 102 Å². The lowest BCUT2D eigenvalue weighted by Gasteiger charge is -2.13. The molecule has 1 atom stereocenters. The zero-order valence-electron chi connectivity index (χ0n) is 9.10. The van der Waals surface area contributed by atoms with E-state index < -0.39 is 0 Å². The van der Waals surface area contributed by atoms with Gasteiger partial charge in [0, 0.05) is 6.04 Å². The van der Waals surface area contributed by atoms with Gasteiger partial charge in [0.2, 0.25) is 0 Å². The molecular formula is C14H16ClN. The Morgan fingerprint density at radius 1 is 1.00 bits per heavy atom. The van der Waals surface area contributed by atoms with Gasteiger partial charge in [-0.25, -0.2) is 0 Å². The number of rotatable bonds is 2. The van der Waals surface area contributed by atoms with E-state index in [1.807, 2.05) is 0 Å². The lowest BCUT2D eigenvalue weighted by Crippen LogP contribution is -2.12. The molecule has 0 saturated heterocycles. The highest BCUT2D eigenvalue weighted by Crippen LogP contribution is 2.41. The molecule has 0 spiro atoms. The molecule has 2 N–H and O–H groups in total. The van der Waals surface area contributed by atoms with Crippen molar-refractivity contribution >= 4 is 23.2 Å². The van der Waals surface area contributed by atoms with Crippen LogP contribution in [0, 0.1) is 5.92 Å². The molecule has 0 heterocycles. The van der Waals surface area contributed by atoms with E-state index in [1.165, 1.54) is 29.2 Å². The number of halogens is 1. The second-order valence-corrected chi connectivity index (χ2v) is 4.43. The molecule has 0 unspecified atom stereocenters. The monoisotopic (exact) mass is 233 g/mol. The number of hydrogen-bond donors (Lipinski definition) is 1. The van der Waals surface area contributed by atoms with Crippen molar-refractivity contribution in [2.75, 3.05) is 0 Å². The van der Waals surface area contributed by atoms with E-state index in [0.717, 1.165) is 5.92 Å². The minimum absolute atomic E-state index is 0. The maximum atomic E-state index is 6.27. The summed E-state index contributed by atoms with van der Waals surface area (Å²) in [5.74, 6) is 0.718. The fourth-order valence-corrected chi connectivity index (χ4v) is 2.25. The standard InChI is InChI=1S/C14H15N.ClH/c15-14(11-8-9-11)13-7-3-5-10-4-1-2-6-12(10)13;/h1-7,11,14H,8-9,15H2;1H/t14-;/m1./s1. The highest BCUT2D eigenvalue weighted by Gasteiger charge is 2.30. The second-order valence-electron chi connectivity index (χ2n) is 4.43. The first-order valence-corrected chi connectivity index (χ1v) is 5.59. The van der Waals surface area contributed by atoms with Crippen LogP contribution in [0.1, 0.15) is 24.4 Å². The van der Waals surface area contributed by atoms with Gasteiger partial charge in [-0.15, -0.1) is 12.4 Å². The first-order chi connectivity index (χ1) is 7.36. The van der Waals surface area contributed by atoms with Gasteiger partial charge in [-0.2, -0.15) is 0 Å². The quantitative estimate of drug-likeness (QED) is 0.842. The summed E-state index contributed by atoms with van der Waals surface area (Å²) in [6.45, 7) is 0. The molecule has 0 amide bonds. The number of hydrogen-bond acceptors (Lipinski definition) is 1. The fourth-order valence-electron chi connectivity index (χ4n) is 2.25. The first-order valence-electron chi connectivity index (χ1n) is 5.59. The average molecular weight is 234 g/mol. The molecule has 0 aliphatic heterocycles. The summed E-state index contributed by atoms with van der Waals surface area (Å²) in [4.78, 5) is 0. The van der Waals surface area contributed by atoms with Gasteiger partial charge < -0.3 is 5.73 Å². The Morgan fingerprint density at radius 3 is 2.44 bits per heavy atom. The molecule has 2 heteroatoms. The van der Waals surface area contributed by atoms with Crippen molar-refractivity contribution in [3.8, 4) is 0 Å². The highest BCUT2D eigenvalue weighted by molar-refractivity contribution is 5.86. The summed E-state index contributed by atoms with van der Waals surface area (Å²) in [7, 11) is 0. The van der Waals surface area contributed by atoms with Gasteiger partial charge in [0.15, 0.2) is 0 Å². The van der Waals surface area contributed by atoms with Crippen LogP contribution in [0.2, 0.25) is 0 Å². The predicted octanol–water partition coefficient (Wildman–Crippen LogP) is 3.67. The predicted molar refractivity (Wildman–Crippen MR) is 70.8 cm³/mol. The Balaban J connectivity index is 0.000000963. The van der Waals surface area contributed by atoms with E-state index >= 15 is 0 Å². The lowest BCUT2D eigenvalue weighted by molar-refractivity contribution is 0.638. The van der Waals surface area contributed by atoms with Crippen molar-refractivity contribution in [2.24, 2.45) is 11.7 Å². The molecule has 2 aromatic rings. The molecule has 1 aliphatic carbocycles. The summed E-state index contributed by atoms with van der Waals surface area (Å²) in [6.07, 6.45) is 2.59. The highest BCUT2D eigenvalue weighted by atomic mass is 35.5. The van der Waals surface area contributed by atoms with Gasteiger partial charge in [-0.3, -0.25) is 0 Å². The van der Waals surface area contributed by atoms with Gasteiger partial charge in [0.25, 0.3) is 0 Å². The van der Waals surface area contributed by atoms with Gasteiger partial charge in [-0.05, 0) is 35.1 Å². The Hall–Kier alpha value is -1.05. The van der Waals surface area contributed by atoms with Gasteiger partial charge in [-0.1, -0.05) is 42.5 Å². The number of fused-ring (bicyclic) bond motifs is 1. The van der Waals surface area contributed by atoms with Crippen LogP contribution in [-0.4, -0.2) is 0 Å². The Bertz CT molecular complexity index is 486. The average Bonchev–Trinajstić information content (AvgIpc) is 3.11. The summed E-state index contributed by atoms with van der Waals surface area (Å²) in [5, 5.41) is 2.62. The van der Waals surface area contributed by atoms with E-state index in [0.29, 0.717) is 0 Å². The topological polar surface area (TPSA) is 26.0 Å². The molecule has 16 heavy (non-hydrogen) atoms. The molecule has 0 radical (unpaired) electrons. The second kappa shape index (κ2) is 4.44. The minimum Gasteiger partial charge on any atom is -0.324 e. The summed E-state index contributed by atoms with van der Waals surface area (Å²) < 4.78 is 0. The van der Waals surface area contributed by atoms with Gasteiger partial charge >= 0.3 is 0 Å². The van der Waals surface area contributed by atoms with Crippen LogP contribution in [0.15, 0.2) is 42.5 Å². The van der Waals surface area contributed by atoms with Crippen LogP contribution < -0.4 is 5.73 Å². The van der Waals surface area contributed by atoms with Crippen LogP contribution in [-0.2, 0) is 0 Å². The van der Waals surface area contributed by atoms with Crippen LogP contribution >= 0.6 is 12.4 Å². The van der Waals surface area contributed by atoms with Gasteiger partial charge in [0.05, 0.1) is 0 Å². The van der Waals surface area contributed by atoms with Crippen molar-refractivity contribution < 1.29 is 0 Å². The molecule has 0 aromatic heterocycles. The molecule has 1 fully saturated rings. The molecule has 0 bridgehead atoms. The van der Waals surface area contributed by atoms with Crippen molar-refractivity contribution in [3.05, 3.63) is 48.0 Å². The summed E-state index contributed by atoms with van der Waals surface area (Å²) in [5.41, 5.74) is 7.58. The van der Waals surface area contributed by atoms with E-state index in [1.54, 1.807) is 0 Å². The fraction of sp³-hybridized carbons (Fsp3) is 0.286. The van der Waals surface area contributed by atoms with E-state index in [9.17, 15) is 0 Å². The molecule has 1 nitrogen and oxygen atoms in total. The third-order valence-electron chi connectivity index (χ3n) is 3.31. The summed E-state index contributed by atoms with van der Waals surface area (Å²) >= 11 is 0. The zero-order chi connectivity index (χ0) is 10.3. The SMILES string of the molecule is Cl.N[C@@H](c1cccc2ccccc12)C1CC1. The third kappa shape index (κ3) is 1.93. The molecular weight excluding hydrogens is 218 g/mol. The Morgan fingerprint density at radius 2 is 1.69 bits per heavy atom. The summed E-state index contributed by atoms with van der Waals surface area (Å²) in [6, 6.07) is 15.2. The molecule has 84 valence electrons. The van der Waals surface area contributed by atoms with Crippen LogP contribution in [0.5, 0.6) is 0 Å². The van der Waals surface area contributed by atoms with Crippen molar-refractivity contribution in [2.45, 2.75) is 18.9 Å². The van der Waals surface area contributed by atoms with E-state index in [4.69, 9.17) is 5.73 Å². The molecule has 1 aliphatic rings. The smallest absolute Gasteiger partial charge is 0.0329 e. The third-order valence-corrected chi connectivity index (χ3v) is 3.31. The molecule has 1 saturated carbocycles. The maximum Gasteiger partial charge on any atom is 0.0329 e.